The zero-order chi connectivity index (χ0) is 21.6. The van der Waals surface area contributed by atoms with E-state index in [2.05, 4.69) is 10.6 Å². The lowest BCUT2D eigenvalue weighted by Gasteiger charge is -2.13. The van der Waals surface area contributed by atoms with Crippen molar-refractivity contribution in [2.45, 2.75) is 40.0 Å². The quantitative estimate of drug-likeness (QED) is 0.562. The Bertz CT molecular complexity index is 906. The van der Waals surface area contributed by atoms with Gasteiger partial charge in [0.05, 0.1) is 18.4 Å². The fraction of sp³-hybridized carbons (Fsp3) is 0.381. The second kappa shape index (κ2) is 10.1. The Morgan fingerprint density at radius 1 is 1.17 bits per heavy atom. The molecule has 0 aliphatic heterocycles. The van der Waals surface area contributed by atoms with E-state index in [1.807, 2.05) is 19.9 Å². The van der Waals surface area contributed by atoms with E-state index in [1.54, 1.807) is 25.1 Å². The van der Waals surface area contributed by atoms with Crippen LogP contribution in [-0.4, -0.2) is 30.0 Å². The number of carboxylic acids is 1. The number of carbonyl (C=O) groups excluding carboxylic acids is 2. The first-order valence-corrected chi connectivity index (χ1v) is 10.2. The number of hydrogen-bond donors (Lipinski definition) is 3. The van der Waals surface area contributed by atoms with Gasteiger partial charge in [-0.05, 0) is 37.0 Å². The number of anilines is 2. The minimum Gasteiger partial charge on any atom is -0.495 e. The standard InChI is InChI=1S/C21H26N2O5S/c1-5-14-13(3)29-21(23-17(24)10-12(2)11-18(25)26)19(14)20(27)22-15-8-6-7-9-16(15)28-4/h6-9,12H,5,10-11H2,1-4H3,(H,22,27)(H,23,24)(H,25,26)/t12-/m1/s1. The van der Waals surface area contributed by atoms with Crippen molar-refractivity contribution in [2.24, 2.45) is 5.92 Å². The van der Waals surface area contributed by atoms with Crippen LogP contribution in [0.2, 0.25) is 0 Å². The van der Waals surface area contributed by atoms with Gasteiger partial charge in [0.15, 0.2) is 0 Å². The Morgan fingerprint density at radius 2 is 1.86 bits per heavy atom. The summed E-state index contributed by atoms with van der Waals surface area (Å²) in [5, 5.41) is 15.0. The normalized spacial score (nSPS) is 11.6. The first-order chi connectivity index (χ1) is 13.8. The third-order valence-electron chi connectivity index (χ3n) is 4.45. The molecule has 0 aliphatic carbocycles. The number of hydrogen-bond acceptors (Lipinski definition) is 5. The monoisotopic (exact) mass is 418 g/mol. The highest BCUT2D eigenvalue weighted by molar-refractivity contribution is 7.16. The molecule has 2 amide bonds. The molecule has 8 heteroatoms. The number of carbonyl (C=O) groups is 3. The molecular formula is C21H26N2O5S. The van der Waals surface area contributed by atoms with Crippen molar-refractivity contribution in [3.63, 3.8) is 0 Å². The zero-order valence-electron chi connectivity index (χ0n) is 17.0. The van der Waals surface area contributed by atoms with Crippen molar-refractivity contribution in [3.8, 4) is 5.75 Å². The van der Waals surface area contributed by atoms with Gasteiger partial charge in [-0.3, -0.25) is 14.4 Å². The number of nitrogens with one attached hydrogen (secondary N) is 2. The van der Waals surface area contributed by atoms with Gasteiger partial charge < -0.3 is 20.5 Å². The lowest BCUT2D eigenvalue weighted by molar-refractivity contribution is -0.138. The third-order valence-corrected chi connectivity index (χ3v) is 5.52. The minimum atomic E-state index is -0.942. The molecule has 0 spiro atoms. The molecule has 1 atom stereocenters. The average Bonchev–Trinajstić information content (AvgIpc) is 2.95. The fourth-order valence-corrected chi connectivity index (χ4v) is 4.29. The molecule has 0 fully saturated rings. The van der Waals surface area contributed by atoms with Crippen molar-refractivity contribution in [1.29, 1.82) is 0 Å². The van der Waals surface area contributed by atoms with Crippen molar-refractivity contribution >= 4 is 39.8 Å². The van der Waals surface area contributed by atoms with E-state index in [-0.39, 0.29) is 30.6 Å². The maximum absolute atomic E-state index is 13.1. The molecule has 156 valence electrons. The van der Waals surface area contributed by atoms with E-state index in [1.165, 1.54) is 18.4 Å². The highest BCUT2D eigenvalue weighted by Crippen LogP contribution is 2.35. The van der Waals surface area contributed by atoms with Crippen LogP contribution >= 0.6 is 11.3 Å². The number of aryl methyl sites for hydroxylation is 1. The molecule has 2 rings (SSSR count). The van der Waals surface area contributed by atoms with Crippen LogP contribution in [-0.2, 0) is 16.0 Å². The molecule has 0 radical (unpaired) electrons. The number of rotatable bonds is 9. The summed E-state index contributed by atoms with van der Waals surface area (Å²) < 4.78 is 5.28. The number of aliphatic carboxylic acids is 1. The number of thiophene rings is 1. The fourth-order valence-electron chi connectivity index (χ4n) is 3.13. The number of ether oxygens (including phenoxy) is 1. The molecule has 1 aromatic carbocycles. The van der Waals surface area contributed by atoms with Gasteiger partial charge in [0.1, 0.15) is 10.8 Å². The van der Waals surface area contributed by atoms with E-state index in [0.29, 0.717) is 28.4 Å². The van der Waals surface area contributed by atoms with Crippen molar-refractivity contribution in [3.05, 3.63) is 40.3 Å². The van der Waals surface area contributed by atoms with Crippen LogP contribution in [0.5, 0.6) is 5.75 Å². The number of para-hydroxylation sites is 2. The van der Waals surface area contributed by atoms with Crippen LogP contribution in [0.4, 0.5) is 10.7 Å². The third kappa shape index (κ3) is 5.80. The van der Waals surface area contributed by atoms with Gasteiger partial charge in [0.25, 0.3) is 5.91 Å². The van der Waals surface area contributed by atoms with E-state index >= 15 is 0 Å². The number of methoxy groups -OCH3 is 1. The Labute approximate surface area is 174 Å². The van der Waals surface area contributed by atoms with Crippen LogP contribution in [0.15, 0.2) is 24.3 Å². The van der Waals surface area contributed by atoms with Crippen molar-refractivity contribution < 1.29 is 24.2 Å². The summed E-state index contributed by atoms with van der Waals surface area (Å²) >= 11 is 1.34. The number of carboxylic acid groups (broad SMARTS) is 1. The summed E-state index contributed by atoms with van der Waals surface area (Å²) in [6.45, 7) is 5.57. The van der Waals surface area contributed by atoms with Crippen LogP contribution in [0.1, 0.15) is 47.5 Å². The summed E-state index contributed by atoms with van der Waals surface area (Å²) in [5.74, 6) is -1.34. The second-order valence-corrected chi connectivity index (χ2v) is 8.03. The van der Waals surface area contributed by atoms with Gasteiger partial charge >= 0.3 is 5.97 Å². The largest absolute Gasteiger partial charge is 0.495 e. The van der Waals surface area contributed by atoms with Gasteiger partial charge in [-0.25, -0.2) is 0 Å². The highest BCUT2D eigenvalue weighted by atomic mass is 32.1. The Hall–Kier alpha value is -2.87. The molecule has 29 heavy (non-hydrogen) atoms. The molecule has 1 heterocycles. The SMILES string of the molecule is CCc1c(C)sc(NC(=O)C[C@@H](C)CC(=O)O)c1C(=O)Nc1ccccc1OC. The van der Waals surface area contributed by atoms with E-state index in [0.717, 1.165) is 10.4 Å². The molecule has 0 saturated heterocycles. The molecule has 0 unspecified atom stereocenters. The molecule has 0 bridgehead atoms. The lowest BCUT2D eigenvalue weighted by Crippen LogP contribution is -2.20. The number of benzene rings is 1. The predicted octanol–water partition coefficient (Wildman–Crippen LogP) is 4.32. The zero-order valence-corrected chi connectivity index (χ0v) is 17.8. The molecule has 2 aromatic rings. The molecule has 7 nitrogen and oxygen atoms in total. The van der Waals surface area contributed by atoms with Gasteiger partial charge in [0, 0.05) is 17.7 Å². The molecular weight excluding hydrogens is 392 g/mol. The average molecular weight is 419 g/mol. The number of amides is 2. The molecule has 3 N–H and O–H groups in total. The van der Waals surface area contributed by atoms with Gasteiger partial charge in [-0.2, -0.15) is 0 Å². The summed E-state index contributed by atoms with van der Waals surface area (Å²) in [4.78, 5) is 37.2. The van der Waals surface area contributed by atoms with Gasteiger partial charge in [0.2, 0.25) is 5.91 Å². The highest BCUT2D eigenvalue weighted by Gasteiger charge is 2.24. The van der Waals surface area contributed by atoms with Crippen LogP contribution < -0.4 is 15.4 Å². The van der Waals surface area contributed by atoms with Gasteiger partial charge in [-0.15, -0.1) is 11.3 Å². The van der Waals surface area contributed by atoms with Crippen LogP contribution in [0, 0.1) is 12.8 Å². The summed E-state index contributed by atoms with van der Waals surface area (Å²) in [7, 11) is 1.53. The molecule has 0 saturated carbocycles. The second-order valence-electron chi connectivity index (χ2n) is 6.80. The topological polar surface area (TPSA) is 105 Å². The Morgan fingerprint density at radius 3 is 2.48 bits per heavy atom. The van der Waals surface area contributed by atoms with Crippen LogP contribution in [0.3, 0.4) is 0 Å². The maximum Gasteiger partial charge on any atom is 0.303 e. The Balaban J connectivity index is 2.26. The Kier molecular flexibility index (Phi) is 7.78. The molecule has 1 aromatic heterocycles. The summed E-state index contributed by atoms with van der Waals surface area (Å²) in [6, 6.07) is 7.10. The summed E-state index contributed by atoms with van der Waals surface area (Å²) in [6.07, 6.45) is 0.624. The smallest absolute Gasteiger partial charge is 0.303 e. The predicted molar refractivity (Wildman–Crippen MR) is 114 cm³/mol. The van der Waals surface area contributed by atoms with Crippen LogP contribution in [0.25, 0.3) is 0 Å². The first kappa shape index (κ1) is 22.4. The lowest BCUT2D eigenvalue weighted by atomic mass is 10.0. The van der Waals surface area contributed by atoms with E-state index in [9.17, 15) is 14.4 Å². The minimum absolute atomic E-state index is 0.0677. The summed E-state index contributed by atoms with van der Waals surface area (Å²) in [5.41, 5.74) is 1.84. The van der Waals surface area contributed by atoms with Gasteiger partial charge in [-0.1, -0.05) is 26.0 Å². The van der Waals surface area contributed by atoms with E-state index in [4.69, 9.17) is 9.84 Å². The maximum atomic E-state index is 13.1. The first-order valence-electron chi connectivity index (χ1n) is 9.35. The van der Waals surface area contributed by atoms with Crippen molar-refractivity contribution in [2.75, 3.05) is 17.7 Å². The molecule has 0 aliphatic rings. The van der Waals surface area contributed by atoms with E-state index < -0.39 is 5.97 Å². The van der Waals surface area contributed by atoms with Crippen molar-refractivity contribution in [1.82, 2.24) is 0 Å².